The Hall–Kier alpha value is -2.66. The second-order valence-electron chi connectivity index (χ2n) is 6.08. The van der Waals surface area contributed by atoms with Gasteiger partial charge in [0, 0.05) is 12.1 Å². The molecule has 3 aromatic rings. The molecule has 3 rings (SSSR count). The molecule has 1 heterocycles. The van der Waals surface area contributed by atoms with Crippen molar-refractivity contribution in [3.8, 4) is 17.1 Å². The molecule has 25 heavy (non-hydrogen) atoms. The molecule has 0 amide bonds. The quantitative estimate of drug-likeness (QED) is 0.589. The van der Waals surface area contributed by atoms with Gasteiger partial charge in [0.15, 0.2) is 5.82 Å². The first kappa shape index (κ1) is 17.2. The maximum Gasteiger partial charge on any atom is 0.159 e. The summed E-state index contributed by atoms with van der Waals surface area (Å²) < 4.78 is 7.70. The molecule has 0 unspecified atom stereocenters. The van der Waals surface area contributed by atoms with Crippen molar-refractivity contribution in [2.45, 2.75) is 20.0 Å². The third-order valence-corrected chi connectivity index (χ3v) is 3.88. The highest BCUT2D eigenvalue weighted by Crippen LogP contribution is 2.17. The topological polar surface area (TPSA) is 43.2 Å². The molecule has 0 N–H and O–H groups in total. The van der Waals surface area contributed by atoms with E-state index in [4.69, 9.17) is 4.74 Å². The lowest BCUT2D eigenvalue weighted by molar-refractivity contribution is 0.223. The number of rotatable bonds is 8. The van der Waals surface area contributed by atoms with Crippen molar-refractivity contribution in [3.05, 3.63) is 66.5 Å². The van der Waals surface area contributed by atoms with Gasteiger partial charge in [-0.1, -0.05) is 48.5 Å². The Labute approximate surface area is 148 Å². The van der Waals surface area contributed by atoms with Gasteiger partial charge >= 0.3 is 0 Å². The van der Waals surface area contributed by atoms with Crippen molar-refractivity contribution in [2.24, 2.45) is 0 Å². The number of ether oxygens (including phenoxy) is 1. The van der Waals surface area contributed by atoms with Crippen molar-refractivity contribution >= 4 is 0 Å². The second kappa shape index (κ2) is 8.44. The third kappa shape index (κ3) is 4.90. The second-order valence-corrected chi connectivity index (χ2v) is 6.08. The minimum Gasteiger partial charge on any atom is -0.494 e. The van der Waals surface area contributed by atoms with Crippen molar-refractivity contribution in [2.75, 3.05) is 20.2 Å². The molecule has 0 saturated carbocycles. The van der Waals surface area contributed by atoms with Crippen LogP contribution in [0.15, 0.2) is 60.7 Å². The summed E-state index contributed by atoms with van der Waals surface area (Å²) in [6.45, 7) is 4.27. The number of hydrogen-bond acceptors (Lipinski definition) is 4. The van der Waals surface area contributed by atoms with Gasteiger partial charge in [-0.3, -0.25) is 4.90 Å². The fourth-order valence-electron chi connectivity index (χ4n) is 2.70. The van der Waals surface area contributed by atoms with Gasteiger partial charge in [0.2, 0.25) is 0 Å². The molecule has 0 aliphatic carbocycles. The van der Waals surface area contributed by atoms with Crippen LogP contribution < -0.4 is 4.74 Å². The SMILES string of the molecule is Cc1nc(-c2ccccc2)n(CN(C)CCCOc2ccccc2)n1. The molecule has 0 bridgehead atoms. The van der Waals surface area contributed by atoms with E-state index in [1.165, 1.54) is 0 Å². The summed E-state index contributed by atoms with van der Waals surface area (Å²) in [6.07, 6.45) is 0.958. The van der Waals surface area contributed by atoms with E-state index >= 15 is 0 Å². The molecule has 130 valence electrons. The highest BCUT2D eigenvalue weighted by Gasteiger charge is 2.11. The molecule has 5 heteroatoms. The Morgan fingerprint density at radius 2 is 1.68 bits per heavy atom. The summed E-state index contributed by atoms with van der Waals surface area (Å²) in [5.74, 6) is 2.62. The monoisotopic (exact) mass is 336 g/mol. The first-order valence-corrected chi connectivity index (χ1v) is 8.55. The zero-order valence-corrected chi connectivity index (χ0v) is 14.8. The predicted octanol–water partition coefficient (Wildman–Crippen LogP) is 3.61. The highest BCUT2D eigenvalue weighted by molar-refractivity contribution is 5.54. The molecule has 0 spiro atoms. The Morgan fingerprint density at radius 3 is 2.40 bits per heavy atom. The van der Waals surface area contributed by atoms with Crippen molar-refractivity contribution in [1.29, 1.82) is 0 Å². The molecule has 0 saturated heterocycles. The van der Waals surface area contributed by atoms with Crippen molar-refractivity contribution < 1.29 is 4.74 Å². The van der Waals surface area contributed by atoms with Crippen LogP contribution in [0, 0.1) is 6.92 Å². The maximum absolute atomic E-state index is 5.74. The van der Waals surface area contributed by atoms with E-state index in [1.807, 2.05) is 60.1 Å². The number of benzene rings is 2. The fourth-order valence-corrected chi connectivity index (χ4v) is 2.70. The molecule has 0 radical (unpaired) electrons. The van der Waals surface area contributed by atoms with E-state index in [0.29, 0.717) is 13.3 Å². The van der Waals surface area contributed by atoms with Gasteiger partial charge in [-0.05, 0) is 32.5 Å². The Kier molecular flexibility index (Phi) is 5.80. The minimum absolute atomic E-state index is 0.705. The number of hydrogen-bond donors (Lipinski definition) is 0. The molecular formula is C20H24N4O. The third-order valence-electron chi connectivity index (χ3n) is 3.88. The normalized spacial score (nSPS) is 11.0. The van der Waals surface area contributed by atoms with E-state index < -0.39 is 0 Å². The summed E-state index contributed by atoms with van der Waals surface area (Å²) in [5.41, 5.74) is 1.09. The summed E-state index contributed by atoms with van der Waals surface area (Å²) in [6, 6.07) is 20.1. The first-order valence-electron chi connectivity index (χ1n) is 8.55. The Bertz CT molecular complexity index is 771. The average molecular weight is 336 g/mol. The molecular weight excluding hydrogens is 312 g/mol. The van der Waals surface area contributed by atoms with E-state index in [1.54, 1.807) is 0 Å². The molecule has 0 aliphatic rings. The van der Waals surface area contributed by atoms with Crippen LogP contribution in [0.4, 0.5) is 0 Å². The molecule has 5 nitrogen and oxygen atoms in total. The maximum atomic E-state index is 5.74. The van der Waals surface area contributed by atoms with E-state index in [9.17, 15) is 0 Å². The number of para-hydroxylation sites is 1. The first-order chi connectivity index (χ1) is 12.2. The van der Waals surface area contributed by atoms with Crippen molar-refractivity contribution in [1.82, 2.24) is 19.7 Å². The molecule has 0 atom stereocenters. The molecule has 2 aromatic carbocycles. The van der Waals surface area contributed by atoms with Gasteiger partial charge in [-0.15, -0.1) is 0 Å². The van der Waals surface area contributed by atoms with E-state index in [2.05, 4.69) is 34.2 Å². The fraction of sp³-hybridized carbons (Fsp3) is 0.300. The van der Waals surface area contributed by atoms with Crippen LogP contribution in [0.3, 0.4) is 0 Å². The molecule has 0 aliphatic heterocycles. The molecule has 1 aromatic heterocycles. The number of aromatic nitrogens is 3. The smallest absolute Gasteiger partial charge is 0.159 e. The highest BCUT2D eigenvalue weighted by atomic mass is 16.5. The zero-order chi connectivity index (χ0) is 17.5. The minimum atomic E-state index is 0.705. The van der Waals surface area contributed by atoms with Gasteiger partial charge in [-0.2, -0.15) is 5.10 Å². The van der Waals surface area contributed by atoms with Crippen LogP contribution >= 0.6 is 0 Å². The van der Waals surface area contributed by atoms with Crippen LogP contribution in [0.1, 0.15) is 12.2 Å². The van der Waals surface area contributed by atoms with Gasteiger partial charge in [0.25, 0.3) is 0 Å². The van der Waals surface area contributed by atoms with Crippen LogP contribution in [-0.4, -0.2) is 39.9 Å². The van der Waals surface area contributed by atoms with Gasteiger partial charge in [0.05, 0.1) is 13.3 Å². The average Bonchev–Trinajstić information content (AvgIpc) is 3.00. The van der Waals surface area contributed by atoms with Crippen LogP contribution in [-0.2, 0) is 6.67 Å². The summed E-state index contributed by atoms with van der Waals surface area (Å²) in [5, 5.41) is 4.54. The summed E-state index contributed by atoms with van der Waals surface area (Å²) >= 11 is 0. The summed E-state index contributed by atoms with van der Waals surface area (Å²) in [7, 11) is 2.09. The lowest BCUT2D eigenvalue weighted by Crippen LogP contribution is -2.25. The lowest BCUT2D eigenvalue weighted by atomic mass is 10.2. The van der Waals surface area contributed by atoms with Crippen LogP contribution in [0.25, 0.3) is 11.4 Å². The van der Waals surface area contributed by atoms with Gasteiger partial charge in [0.1, 0.15) is 11.6 Å². The number of aryl methyl sites for hydroxylation is 1. The summed E-state index contributed by atoms with van der Waals surface area (Å²) in [4.78, 5) is 6.80. The van der Waals surface area contributed by atoms with Crippen LogP contribution in [0.5, 0.6) is 5.75 Å². The predicted molar refractivity (Wildman–Crippen MR) is 99.4 cm³/mol. The largest absolute Gasteiger partial charge is 0.494 e. The molecule has 0 fully saturated rings. The Balaban J connectivity index is 1.52. The zero-order valence-electron chi connectivity index (χ0n) is 14.8. The number of nitrogens with zero attached hydrogens (tertiary/aromatic N) is 4. The van der Waals surface area contributed by atoms with Gasteiger partial charge < -0.3 is 4.74 Å². The Morgan fingerprint density at radius 1 is 1.00 bits per heavy atom. The standard InChI is InChI=1S/C20H24N4O/c1-17-21-20(18-10-5-3-6-11-18)24(22-17)16-23(2)14-9-15-25-19-12-7-4-8-13-19/h3-8,10-13H,9,14-16H2,1-2H3. The van der Waals surface area contributed by atoms with Crippen molar-refractivity contribution in [3.63, 3.8) is 0 Å². The lowest BCUT2D eigenvalue weighted by Gasteiger charge is -2.17. The van der Waals surface area contributed by atoms with E-state index in [0.717, 1.165) is 35.9 Å². The van der Waals surface area contributed by atoms with Crippen LogP contribution in [0.2, 0.25) is 0 Å². The van der Waals surface area contributed by atoms with E-state index in [-0.39, 0.29) is 0 Å². The van der Waals surface area contributed by atoms with Gasteiger partial charge in [-0.25, -0.2) is 9.67 Å².